The minimum absolute atomic E-state index is 0.490. The van der Waals surface area contributed by atoms with Crippen molar-refractivity contribution in [1.82, 2.24) is 0 Å². The van der Waals surface area contributed by atoms with Crippen LogP contribution in [0.2, 0.25) is 0 Å². The third-order valence-corrected chi connectivity index (χ3v) is 3.26. The summed E-state index contributed by atoms with van der Waals surface area (Å²) >= 11 is 0. The number of benzene rings is 1. The van der Waals surface area contributed by atoms with E-state index in [0.29, 0.717) is 17.9 Å². The second kappa shape index (κ2) is 7.29. The summed E-state index contributed by atoms with van der Waals surface area (Å²) in [4.78, 5) is 11.2. The Morgan fingerprint density at radius 1 is 1.21 bits per heavy atom. The van der Waals surface area contributed by atoms with Crippen LogP contribution >= 0.6 is 0 Å². The second-order valence-electron chi connectivity index (χ2n) is 5.52. The van der Waals surface area contributed by atoms with E-state index in [1.54, 1.807) is 0 Å². The van der Waals surface area contributed by atoms with Crippen LogP contribution in [0, 0.1) is 11.8 Å². The molecule has 2 atom stereocenters. The van der Waals surface area contributed by atoms with Gasteiger partial charge in [0.15, 0.2) is 0 Å². The number of aliphatic carboxylic acids is 1. The van der Waals surface area contributed by atoms with Crippen LogP contribution in [0.5, 0.6) is 0 Å². The summed E-state index contributed by atoms with van der Waals surface area (Å²) in [5.74, 6) is -1.07. The molecular weight excluding hydrogens is 240 g/mol. The standard InChI is InChI=1S/C16H24O3/c1-4-5-14(16(18)19)15(17)13-8-6-12(7-9-13)10-11(2)3/h6-9,11,14-15,17H,4-5,10H2,1-3H3,(H,18,19). The molecule has 0 spiro atoms. The van der Waals surface area contributed by atoms with E-state index in [1.165, 1.54) is 5.56 Å². The van der Waals surface area contributed by atoms with Crippen LogP contribution in [0.15, 0.2) is 24.3 Å². The fourth-order valence-corrected chi connectivity index (χ4v) is 2.28. The van der Waals surface area contributed by atoms with Gasteiger partial charge >= 0.3 is 5.97 Å². The van der Waals surface area contributed by atoms with Crippen molar-refractivity contribution in [1.29, 1.82) is 0 Å². The molecule has 0 amide bonds. The second-order valence-corrected chi connectivity index (χ2v) is 5.52. The molecule has 3 heteroatoms. The molecule has 0 aliphatic heterocycles. The molecular formula is C16H24O3. The Balaban J connectivity index is 2.81. The van der Waals surface area contributed by atoms with Gasteiger partial charge < -0.3 is 10.2 Å². The van der Waals surface area contributed by atoms with Crippen molar-refractivity contribution >= 4 is 5.97 Å². The van der Waals surface area contributed by atoms with Crippen LogP contribution in [0.1, 0.15) is 50.8 Å². The van der Waals surface area contributed by atoms with Gasteiger partial charge in [-0.1, -0.05) is 51.5 Å². The van der Waals surface area contributed by atoms with E-state index >= 15 is 0 Å². The zero-order chi connectivity index (χ0) is 14.4. The van der Waals surface area contributed by atoms with Crippen LogP contribution in [0.3, 0.4) is 0 Å². The summed E-state index contributed by atoms with van der Waals surface area (Å²) in [5, 5.41) is 19.3. The van der Waals surface area contributed by atoms with Gasteiger partial charge in [0, 0.05) is 0 Å². The maximum absolute atomic E-state index is 11.2. The van der Waals surface area contributed by atoms with Gasteiger partial charge in [0.1, 0.15) is 0 Å². The number of carbonyl (C=O) groups is 1. The minimum atomic E-state index is -0.930. The first-order valence-electron chi connectivity index (χ1n) is 6.95. The molecule has 0 heterocycles. The number of carboxylic acids is 1. The lowest BCUT2D eigenvalue weighted by atomic mass is 9.91. The number of rotatable bonds is 7. The quantitative estimate of drug-likeness (QED) is 0.793. The van der Waals surface area contributed by atoms with Crippen LogP contribution in [-0.2, 0) is 11.2 Å². The van der Waals surface area contributed by atoms with Gasteiger partial charge in [0.25, 0.3) is 0 Å². The highest BCUT2D eigenvalue weighted by Crippen LogP contribution is 2.26. The van der Waals surface area contributed by atoms with E-state index in [2.05, 4.69) is 13.8 Å². The Kier molecular flexibility index (Phi) is 6.03. The Labute approximate surface area is 115 Å². The van der Waals surface area contributed by atoms with Crippen LogP contribution in [0.25, 0.3) is 0 Å². The van der Waals surface area contributed by atoms with Crippen molar-refractivity contribution in [2.24, 2.45) is 11.8 Å². The molecule has 0 bridgehead atoms. The molecule has 0 fully saturated rings. The molecule has 1 rings (SSSR count). The molecule has 1 aromatic rings. The SMILES string of the molecule is CCCC(C(=O)O)C(O)c1ccc(CC(C)C)cc1. The topological polar surface area (TPSA) is 57.5 Å². The summed E-state index contributed by atoms with van der Waals surface area (Å²) in [6.07, 6.45) is 1.31. The minimum Gasteiger partial charge on any atom is -0.481 e. The maximum Gasteiger partial charge on any atom is 0.309 e. The highest BCUT2D eigenvalue weighted by atomic mass is 16.4. The molecule has 106 valence electrons. The lowest BCUT2D eigenvalue weighted by Crippen LogP contribution is -2.21. The van der Waals surface area contributed by atoms with Gasteiger partial charge in [-0.05, 0) is 29.9 Å². The molecule has 0 saturated heterocycles. The highest BCUT2D eigenvalue weighted by molar-refractivity contribution is 5.71. The van der Waals surface area contributed by atoms with Crippen molar-refractivity contribution in [3.05, 3.63) is 35.4 Å². The first-order chi connectivity index (χ1) is 8.95. The van der Waals surface area contributed by atoms with E-state index in [4.69, 9.17) is 5.11 Å². The lowest BCUT2D eigenvalue weighted by Gasteiger charge is -2.19. The molecule has 0 aliphatic carbocycles. The van der Waals surface area contributed by atoms with Gasteiger partial charge in [-0.3, -0.25) is 4.79 Å². The molecule has 0 aromatic heterocycles. The predicted molar refractivity (Wildman–Crippen MR) is 76.0 cm³/mol. The molecule has 1 aromatic carbocycles. The van der Waals surface area contributed by atoms with Gasteiger partial charge in [-0.2, -0.15) is 0 Å². The lowest BCUT2D eigenvalue weighted by molar-refractivity contribution is -0.146. The molecule has 2 N–H and O–H groups in total. The van der Waals surface area contributed by atoms with Gasteiger partial charge in [-0.25, -0.2) is 0 Å². The third kappa shape index (κ3) is 4.67. The Hall–Kier alpha value is -1.35. The summed E-state index contributed by atoms with van der Waals surface area (Å²) in [5.41, 5.74) is 1.90. The van der Waals surface area contributed by atoms with Crippen LogP contribution in [-0.4, -0.2) is 16.2 Å². The normalized spacial score (nSPS) is 14.4. The molecule has 0 saturated carbocycles. The van der Waals surface area contributed by atoms with Crippen molar-refractivity contribution in [3.8, 4) is 0 Å². The fraction of sp³-hybridized carbons (Fsp3) is 0.562. The number of aliphatic hydroxyl groups is 1. The van der Waals surface area contributed by atoms with E-state index in [1.807, 2.05) is 31.2 Å². The smallest absolute Gasteiger partial charge is 0.309 e. The Morgan fingerprint density at radius 3 is 2.21 bits per heavy atom. The highest BCUT2D eigenvalue weighted by Gasteiger charge is 2.26. The monoisotopic (exact) mass is 264 g/mol. The average molecular weight is 264 g/mol. The predicted octanol–water partition coefficient (Wildman–Crippen LogP) is 3.42. The summed E-state index contributed by atoms with van der Waals surface area (Å²) in [7, 11) is 0. The number of hydrogen-bond acceptors (Lipinski definition) is 2. The first-order valence-corrected chi connectivity index (χ1v) is 6.95. The van der Waals surface area contributed by atoms with Crippen molar-refractivity contribution in [3.63, 3.8) is 0 Å². The molecule has 3 nitrogen and oxygen atoms in total. The summed E-state index contributed by atoms with van der Waals surface area (Å²) in [6, 6.07) is 7.63. The first kappa shape index (κ1) is 15.7. The maximum atomic E-state index is 11.2. The van der Waals surface area contributed by atoms with Crippen molar-refractivity contribution in [2.45, 2.75) is 46.1 Å². The molecule has 0 aliphatic rings. The Morgan fingerprint density at radius 2 is 1.79 bits per heavy atom. The molecule has 0 radical (unpaired) electrons. The summed E-state index contributed by atoms with van der Waals surface area (Å²) in [6.45, 7) is 6.24. The van der Waals surface area contributed by atoms with Crippen LogP contribution < -0.4 is 0 Å². The van der Waals surface area contributed by atoms with E-state index in [-0.39, 0.29) is 0 Å². The van der Waals surface area contributed by atoms with Crippen molar-refractivity contribution in [2.75, 3.05) is 0 Å². The Bertz CT molecular complexity index is 395. The van der Waals surface area contributed by atoms with E-state index in [0.717, 1.165) is 12.8 Å². The average Bonchev–Trinajstić information content (AvgIpc) is 2.35. The van der Waals surface area contributed by atoms with Crippen molar-refractivity contribution < 1.29 is 15.0 Å². The fourth-order valence-electron chi connectivity index (χ4n) is 2.28. The third-order valence-electron chi connectivity index (χ3n) is 3.26. The van der Waals surface area contributed by atoms with Crippen LogP contribution in [0.4, 0.5) is 0 Å². The largest absolute Gasteiger partial charge is 0.481 e. The summed E-state index contributed by atoms with van der Waals surface area (Å²) < 4.78 is 0. The van der Waals surface area contributed by atoms with Gasteiger partial charge in [-0.15, -0.1) is 0 Å². The number of carboxylic acid groups (broad SMARTS) is 1. The van der Waals surface area contributed by atoms with Gasteiger partial charge in [0.2, 0.25) is 0 Å². The zero-order valence-electron chi connectivity index (χ0n) is 12.0. The zero-order valence-corrected chi connectivity index (χ0v) is 12.0. The number of hydrogen-bond donors (Lipinski definition) is 2. The van der Waals surface area contributed by atoms with Gasteiger partial charge in [0.05, 0.1) is 12.0 Å². The molecule has 2 unspecified atom stereocenters. The van der Waals surface area contributed by atoms with E-state index < -0.39 is 18.0 Å². The molecule has 19 heavy (non-hydrogen) atoms. The number of aliphatic hydroxyl groups excluding tert-OH is 1. The van der Waals surface area contributed by atoms with E-state index in [9.17, 15) is 9.90 Å².